The molecule has 1 heterocycles. The lowest BCUT2D eigenvalue weighted by Gasteiger charge is -2.09. The predicted molar refractivity (Wildman–Crippen MR) is 78.8 cm³/mol. The number of carbonyl (C=O) groups excluding carboxylic acids is 1. The zero-order valence-corrected chi connectivity index (χ0v) is 11.9. The molecular weight excluding hydrogens is 299 g/mol. The fraction of sp³-hybridized carbons (Fsp3) is 0.154. The highest BCUT2D eigenvalue weighted by atomic mass is 35.5. The fourth-order valence-electron chi connectivity index (χ4n) is 1.53. The number of hydrogen-bond acceptors (Lipinski definition) is 4. The van der Waals surface area contributed by atoms with Crippen molar-refractivity contribution in [2.75, 3.05) is 11.9 Å². The molecule has 0 spiro atoms. The van der Waals surface area contributed by atoms with Crippen LogP contribution in [-0.4, -0.2) is 22.4 Å². The van der Waals surface area contributed by atoms with Gasteiger partial charge in [-0.1, -0.05) is 29.3 Å². The Balaban J connectivity index is 1.84. The van der Waals surface area contributed by atoms with Crippen LogP contribution in [0.1, 0.15) is 5.69 Å². The molecule has 7 heteroatoms. The summed E-state index contributed by atoms with van der Waals surface area (Å²) < 4.78 is 0. The highest BCUT2D eigenvalue weighted by Crippen LogP contribution is 2.29. The first kappa shape index (κ1) is 14.7. The maximum absolute atomic E-state index is 11.8. The minimum absolute atomic E-state index is 0.131. The van der Waals surface area contributed by atoms with Crippen LogP contribution in [0.4, 0.5) is 5.69 Å². The molecule has 0 atom stereocenters. The van der Waals surface area contributed by atoms with Crippen LogP contribution in [0.2, 0.25) is 10.0 Å². The molecule has 0 bridgehead atoms. The zero-order chi connectivity index (χ0) is 14.4. The maximum Gasteiger partial charge on any atom is 0.238 e. The van der Waals surface area contributed by atoms with Crippen LogP contribution in [0.5, 0.6) is 0 Å². The van der Waals surface area contributed by atoms with E-state index in [1.165, 1.54) is 6.33 Å². The molecule has 0 aliphatic rings. The number of nitrogens with zero attached hydrogens (tertiary/aromatic N) is 2. The summed E-state index contributed by atoms with van der Waals surface area (Å²) in [6.45, 7) is 0.609. The van der Waals surface area contributed by atoms with Crippen molar-refractivity contribution in [3.8, 4) is 0 Å². The molecule has 0 saturated heterocycles. The van der Waals surface area contributed by atoms with E-state index in [0.29, 0.717) is 22.3 Å². The van der Waals surface area contributed by atoms with E-state index in [1.807, 2.05) is 0 Å². The topological polar surface area (TPSA) is 66.9 Å². The van der Waals surface area contributed by atoms with E-state index in [9.17, 15) is 4.79 Å². The molecule has 0 unspecified atom stereocenters. The first-order valence-electron chi connectivity index (χ1n) is 5.86. The predicted octanol–water partition coefficient (Wildman–Crippen LogP) is 2.51. The van der Waals surface area contributed by atoms with Crippen molar-refractivity contribution < 1.29 is 4.79 Å². The van der Waals surface area contributed by atoms with Gasteiger partial charge in [0.05, 0.1) is 28.0 Å². The van der Waals surface area contributed by atoms with Crippen molar-refractivity contribution in [2.24, 2.45) is 0 Å². The largest absolute Gasteiger partial charge is 0.322 e. The summed E-state index contributed by atoms with van der Waals surface area (Å²) in [4.78, 5) is 19.6. The quantitative estimate of drug-likeness (QED) is 0.890. The summed E-state index contributed by atoms with van der Waals surface area (Å²) in [7, 11) is 0. The summed E-state index contributed by atoms with van der Waals surface area (Å²) >= 11 is 11.9. The van der Waals surface area contributed by atoms with Gasteiger partial charge in [0.25, 0.3) is 0 Å². The third kappa shape index (κ3) is 4.16. The lowest BCUT2D eigenvalue weighted by atomic mass is 10.3. The average molecular weight is 311 g/mol. The molecular formula is C13H12Cl2N4O. The van der Waals surface area contributed by atoms with Crippen LogP contribution in [0, 0.1) is 0 Å². The summed E-state index contributed by atoms with van der Waals surface area (Å²) in [5.74, 6) is -0.228. The third-order valence-corrected chi connectivity index (χ3v) is 3.09. The van der Waals surface area contributed by atoms with Gasteiger partial charge in [0, 0.05) is 12.7 Å². The number of amides is 1. The van der Waals surface area contributed by atoms with E-state index >= 15 is 0 Å². The Morgan fingerprint density at radius 2 is 1.95 bits per heavy atom. The normalized spacial score (nSPS) is 10.3. The molecule has 0 radical (unpaired) electrons. The minimum Gasteiger partial charge on any atom is -0.322 e. The maximum atomic E-state index is 11.8. The van der Waals surface area contributed by atoms with Crippen molar-refractivity contribution in [1.82, 2.24) is 15.3 Å². The van der Waals surface area contributed by atoms with Gasteiger partial charge >= 0.3 is 0 Å². The number of para-hydroxylation sites is 1. The zero-order valence-electron chi connectivity index (χ0n) is 10.4. The van der Waals surface area contributed by atoms with E-state index in [-0.39, 0.29) is 12.5 Å². The van der Waals surface area contributed by atoms with Crippen LogP contribution in [0.25, 0.3) is 0 Å². The molecule has 20 heavy (non-hydrogen) atoms. The highest BCUT2D eigenvalue weighted by molar-refractivity contribution is 6.39. The van der Waals surface area contributed by atoms with E-state index < -0.39 is 0 Å². The van der Waals surface area contributed by atoms with E-state index in [4.69, 9.17) is 23.2 Å². The van der Waals surface area contributed by atoms with Crippen LogP contribution in [0.3, 0.4) is 0 Å². The van der Waals surface area contributed by atoms with E-state index in [2.05, 4.69) is 20.6 Å². The van der Waals surface area contributed by atoms with E-state index in [0.717, 1.165) is 5.69 Å². The Hall–Kier alpha value is -1.69. The number of benzene rings is 1. The lowest BCUT2D eigenvalue weighted by Crippen LogP contribution is -2.28. The van der Waals surface area contributed by atoms with Crippen molar-refractivity contribution in [3.05, 3.63) is 52.5 Å². The second-order valence-electron chi connectivity index (χ2n) is 3.95. The molecule has 1 amide bonds. The van der Waals surface area contributed by atoms with Gasteiger partial charge in [-0.25, -0.2) is 9.97 Å². The third-order valence-electron chi connectivity index (χ3n) is 2.46. The SMILES string of the molecule is O=C(CNCc1ccncn1)Nc1c(Cl)cccc1Cl. The molecule has 2 rings (SSSR count). The van der Waals surface area contributed by atoms with Crippen LogP contribution in [-0.2, 0) is 11.3 Å². The van der Waals surface area contributed by atoms with Gasteiger partial charge in [-0.3, -0.25) is 4.79 Å². The van der Waals surface area contributed by atoms with Gasteiger partial charge in [0.2, 0.25) is 5.91 Å². The monoisotopic (exact) mass is 310 g/mol. The van der Waals surface area contributed by atoms with Crippen molar-refractivity contribution >= 4 is 34.8 Å². The molecule has 0 aliphatic carbocycles. The minimum atomic E-state index is -0.228. The fourth-order valence-corrected chi connectivity index (χ4v) is 2.02. The molecule has 2 aromatic rings. The van der Waals surface area contributed by atoms with Gasteiger partial charge in [0.15, 0.2) is 0 Å². The smallest absolute Gasteiger partial charge is 0.238 e. The second kappa shape index (κ2) is 7.19. The average Bonchev–Trinajstić information content (AvgIpc) is 2.44. The van der Waals surface area contributed by atoms with E-state index in [1.54, 1.807) is 30.5 Å². The number of halogens is 2. The molecule has 0 fully saturated rings. The summed E-state index contributed by atoms with van der Waals surface area (Å²) in [6.07, 6.45) is 3.11. The molecule has 2 N–H and O–H groups in total. The van der Waals surface area contributed by atoms with Gasteiger partial charge < -0.3 is 10.6 Å². The Morgan fingerprint density at radius 1 is 1.20 bits per heavy atom. The van der Waals surface area contributed by atoms with Crippen molar-refractivity contribution in [3.63, 3.8) is 0 Å². The number of hydrogen-bond donors (Lipinski definition) is 2. The van der Waals surface area contributed by atoms with Gasteiger partial charge in [0.1, 0.15) is 6.33 Å². The Bertz CT molecular complexity index is 572. The van der Waals surface area contributed by atoms with Crippen molar-refractivity contribution in [2.45, 2.75) is 6.54 Å². The van der Waals surface area contributed by atoms with Gasteiger partial charge in [-0.15, -0.1) is 0 Å². The molecule has 1 aromatic carbocycles. The lowest BCUT2D eigenvalue weighted by molar-refractivity contribution is -0.115. The molecule has 5 nitrogen and oxygen atoms in total. The van der Waals surface area contributed by atoms with Crippen LogP contribution < -0.4 is 10.6 Å². The Kier molecular flexibility index (Phi) is 5.29. The summed E-state index contributed by atoms with van der Waals surface area (Å²) in [5.41, 5.74) is 1.23. The van der Waals surface area contributed by atoms with Crippen LogP contribution in [0.15, 0.2) is 36.8 Å². The van der Waals surface area contributed by atoms with Gasteiger partial charge in [-0.2, -0.15) is 0 Å². The second-order valence-corrected chi connectivity index (χ2v) is 4.76. The number of nitrogens with one attached hydrogen (secondary N) is 2. The molecule has 0 aliphatic heterocycles. The highest BCUT2D eigenvalue weighted by Gasteiger charge is 2.09. The first-order valence-corrected chi connectivity index (χ1v) is 6.62. The Labute approximate surface area is 126 Å². The summed E-state index contributed by atoms with van der Waals surface area (Å²) in [6, 6.07) is 6.82. The number of aromatic nitrogens is 2. The van der Waals surface area contributed by atoms with Crippen LogP contribution >= 0.6 is 23.2 Å². The molecule has 0 saturated carbocycles. The van der Waals surface area contributed by atoms with Gasteiger partial charge in [-0.05, 0) is 18.2 Å². The Morgan fingerprint density at radius 3 is 2.60 bits per heavy atom. The first-order chi connectivity index (χ1) is 9.66. The molecule has 104 valence electrons. The number of rotatable bonds is 5. The molecule has 1 aromatic heterocycles. The standard InChI is InChI=1S/C13H12Cl2N4O/c14-10-2-1-3-11(15)13(10)19-12(20)7-17-6-9-4-5-16-8-18-9/h1-5,8,17H,6-7H2,(H,19,20). The van der Waals surface area contributed by atoms with Crippen molar-refractivity contribution in [1.29, 1.82) is 0 Å². The number of carbonyl (C=O) groups is 1. The summed E-state index contributed by atoms with van der Waals surface area (Å²) in [5, 5.41) is 6.45. The number of anilines is 1.